The van der Waals surface area contributed by atoms with Gasteiger partial charge in [-0.2, -0.15) is 4.73 Å². The number of halogens is 1. The van der Waals surface area contributed by atoms with E-state index in [9.17, 15) is 9.42 Å². The van der Waals surface area contributed by atoms with E-state index >= 15 is 0 Å². The molecule has 0 aliphatic carbocycles. The Labute approximate surface area is 147 Å². The summed E-state index contributed by atoms with van der Waals surface area (Å²) in [5.74, 6) is 0. The van der Waals surface area contributed by atoms with Crippen LogP contribution in [0.25, 0.3) is 22.4 Å². The summed E-state index contributed by atoms with van der Waals surface area (Å²) in [6, 6.07) is 12.7. The van der Waals surface area contributed by atoms with Crippen molar-refractivity contribution >= 4 is 22.4 Å². The van der Waals surface area contributed by atoms with Gasteiger partial charge in [0.05, 0.1) is 11.1 Å². The Morgan fingerprint density at radius 2 is 1.79 bits per heavy atom. The number of hydrogen-bond donors (Lipinski definition) is 0. The molecule has 4 nitrogen and oxygen atoms in total. The van der Waals surface area contributed by atoms with Gasteiger partial charge in [0.25, 0.3) is 0 Å². The Balaban J connectivity index is 2.19. The Hall–Kier alpha value is -2.24. The average Bonchev–Trinajstić information content (AvgIpc) is 2.55. The molecule has 122 valence electrons. The molecule has 6 heteroatoms. The van der Waals surface area contributed by atoms with Crippen molar-refractivity contribution in [3.63, 3.8) is 0 Å². The van der Waals surface area contributed by atoms with E-state index in [0.717, 1.165) is 20.9 Å². The topological polar surface area (TPSA) is 56.9 Å². The molecular formula is C18H15ClN2O2S. The maximum absolute atomic E-state index is 12.5. The predicted molar refractivity (Wildman–Crippen MR) is 96.1 cm³/mol. The molecule has 0 aliphatic heterocycles. The number of nitrogens with zero attached hydrogens (tertiary/aromatic N) is 2. The normalized spacial score (nSPS) is 12.1. The minimum absolute atomic E-state index is 0.354. The summed E-state index contributed by atoms with van der Waals surface area (Å²) in [4.78, 5) is 5.00. The van der Waals surface area contributed by atoms with Crippen LogP contribution in [0.3, 0.4) is 0 Å². The van der Waals surface area contributed by atoms with Crippen molar-refractivity contribution in [3.8, 4) is 22.4 Å². The molecule has 0 saturated carbocycles. The van der Waals surface area contributed by atoms with Crippen LogP contribution in [0.1, 0.15) is 5.69 Å². The van der Waals surface area contributed by atoms with Crippen LogP contribution < -0.4 is 4.73 Å². The lowest BCUT2D eigenvalue weighted by Crippen LogP contribution is -2.29. The van der Waals surface area contributed by atoms with Gasteiger partial charge in [0, 0.05) is 33.8 Å². The summed E-state index contributed by atoms with van der Waals surface area (Å²) in [6.45, 7) is 1.89. The number of hydrogen-bond acceptors (Lipinski definition) is 3. The van der Waals surface area contributed by atoms with Crippen LogP contribution in [-0.4, -0.2) is 15.4 Å². The zero-order valence-electron chi connectivity index (χ0n) is 13.2. The van der Waals surface area contributed by atoms with Gasteiger partial charge in [-0.1, -0.05) is 23.7 Å². The van der Waals surface area contributed by atoms with Crippen molar-refractivity contribution in [2.24, 2.45) is 0 Å². The first-order valence-electron chi connectivity index (χ1n) is 7.25. The minimum Gasteiger partial charge on any atom is -0.618 e. The SMILES string of the molecule is Cc1ccc(-c2c(-c3ccc(S(C)=O)cc3)cc(Cl)c[n+]2[O-])cn1. The van der Waals surface area contributed by atoms with Crippen molar-refractivity contribution in [2.75, 3.05) is 6.26 Å². The molecule has 1 atom stereocenters. The standard InChI is InChI=1S/C18H15ClN2O2S/c1-12-3-4-14(10-20-12)18-17(9-15(19)11-21(18)22)13-5-7-16(8-6-13)24(2)23/h3-11H,1-2H3. The molecule has 24 heavy (non-hydrogen) atoms. The Morgan fingerprint density at radius 1 is 1.12 bits per heavy atom. The zero-order valence-corrected chi connectivity index (χ0v) is 14.8. The highest BCUT2D eigenvalue weighted by atomic mass is 35.5. The molecule has 0 N–H and O–H groups in total. The molecule has 1 aromatic carbocycles. The van der Waals surface area contributed by atoms with Gasteiger partial charge in [0.2, 0.25) is 5.69 Å². The van der Waals surface area contributed by atoms with Gasteiger partial charge >= 0.3 is 0 Å². The molecule has 0 bridgehead atoms. The number of benzene rings is 1. The third kappa shape index (κ3) is 3.32. The second-order valence-corrected chi connectivity index (χ2v) is 7.23. The summed E-state index contributed by atoms with van der Waals surface area (Å²) in [6.07, 6.45) is 4.63. The third-order valence-corrected chi connectivity index (χ3v) is 4.82. The van der Waals surface area contributed by atoms with Crippen molar-refractivity contribution in [1.29, 1.82) is 0 Å². The maximum Gasteiger partial charge on any atom is 0.233 e. The lowest BCUT2D eigenvalue weighted by atomic mass is 10.00. The molecule has 0 spiro atoms. The van der Waals surface area contributed by atoms with Gasteiger partial charge < -0.3 is 5.21 Å². The first-order valence-corrected chi connectivity index (χ1v) is 9.19. The van der Waals surface area contributed by atoms with Gasteiger partial charge in [-0.25, -0.2) is 0 Å². The Bertz CT molecular complexity index is 910. The second-order valence-electron chi connectivity index (χ2n) is 5.41. The predicted octanol–water partition coefficient (Wildman–Crippen LogP) is 3.75. The summed E-state index contributed by atoms with van der Waals surface area (Å²) in [7, 11) is -1.05. The van der Waals surface area contributed by atoms with Gasteiger partial charge in [0.1, 0.15) is 5.02 Å². The summed E-state index contributed by atoms with van der Waals surface area (Å²) < 4.78 is 12.3. The molecule has 3 aromatic rings. The highest BCUT2D eigenvalue weighted by Gasteiger charge is 2.19. The fourth-order valence-electron chi connectivity index (χ4n) is 2.48. The molecule has 2 heterocycles. The molecule has 0 radical (unpaired) electrons. The smallest absolute Gasteiger partial charge is 0.233 e. The van der Waals surface area contributed by atoms with Gasteiger partial charge in [-0.15, -0.1) is 0 Å². The van der Waals surface area contributed by atoms with Gasteiger partial charge in [-0.05, 0) is 42.8 Å². The molecule has 2 aromatic heterocycles. The van der Waals surface area contributed by atoms with E-state index in [4.69, 9.17) is 11.6 Å². The first kappa shape index (κ1) is 16.6. The summed E-state index contributed by atoms with van der Waals surface area (Å²) >= 11 is 6.08. The van der Waals surface area contributed by atoms with Crippen LogP contribution in [0.15, 0.2) is 59.8 Å². The van der Waals surface area contributed by atoms with Gasteiger partial charge in [0.15, 0.2) is 6.20 Å². The molecule has 0 amide bonds. The van der Waals surface area contributed by atoms with E-state index in [1.165, 1.54) is 6.20 Å². The number of aryl methyl sites for hydroxylation is 1. The van der Waals surface area contributed by atoms with Crippen molar-refractivity contribution in [1.82, 2.24) is 4.98 Å². The fourth-order valence-corrected chi connectivity index (χ4v) is 3.19. The largest absolute Gasteiger partial charge is 0.618 e. The fraction of sp³-hybridized carbons (Fsp3) is 0.111. The number of rotatable bonds is 3. The minimum atomic E-state index is -1.05. The lowest BCUT2D eigenvalue weighted by molar-refractivity contribution is -0.593. The van der Waals surface area contributed by atoms with Crippen LogP contribution in [-0.2, 0) is 10.8 Å². The zero-order chi connectivity index (χ0) is 17.3. The van der Waals surface area contributed by atoms with E-state index in [1.54, 1.807) is 30.7 Å². The first-order chi connectivity index (χ1) is 11.5. The van der Waals surface area contributed by atoms with Crippen LogP contribution in [0.2, 0.25) is 5.02 Å². The Morgan fingerprint density at radius 3 is 2.38 bits per heavy atom. The molecular weight excluding hydrogens is 344 g/mol. The van der Waals surface area contributed by atoms with Crippen molar-refractivity contribution in [2.45, 2.75) is 11.8 Å². The number of pyridine rings is 2. The highest BCUT2D eigenvalue weighted by molar-refractivity contribution is 7.84. The number of aromatic nitrogens is 2. The molecule has 0 saturated heterocycles. The maximum atomic E-state index is 12.5. The van der Waals surface area contributed by atoms with E-state index in [2.05, 4.69) is 4.98 Å². The molecule has 0 fully saturated rings. The van der Waals surface area contributed by atoms with Gasteiger partial charge in [-0.3, -0.25) is 9.19 Å². The monoisotopic (exact) mass is 358 g/mol. The van der Waals surface area contributed by atoms with Crippen molar-refractivity contribution < 1.29 is 8.94 Å². The lowest BCUT2D eigenvalue weighted by Gasteiger charge is -2.11. The van der Waals surface area contributed by atoms with E-state index in [1.807, 2.05) is 31.2 Å². The van der Waals surface area contributed by atoms with Crippen LogP contribution in [0.4, 0.5) is 0 Å². The van der Waals surface area contributed by atoms with Crippen LogP contribution >= 0.6 is 11.6 Å². The summed E-state index contributed by atoms with van der Waals surface area (Å²) in [5, 5.41) is 12.8. The average molecular weight is 359 g/mol. The molecule has 1 unspecified atom stereocenters. The van der Waals surface area contributed by atoms with E-state index in [-0.39, 0.29) is 0 Å². The Kier molecular flexibility index (Phi) is 4.64. The highest BCUT2D eigenvalue weighted by Crippen LogP contribution is 2.31. The molecule has 0 aliphatic rings. The van der Waals surface area contributed by atoms with Crippen LogP contribution in [0, 0.1) is 12.1 Å². The summed E-state index contributed by atoms with van der Waals surface area (Å²) in [5.41, 5.74) is 3.60. The van der Waals surface area contributed by atoms with Crippen LogP contribution in [0.5, 0.6) is 0 Å². The van der Waals surface area contributed by atoms with E-state index < -0.39 is 10.8 Å². The van der Waals surface area contributed by atoms with Crippen molar-refractivity contribution in [3.05, 3.63) is 70.8 Å². The van der Waals surface area contributed by atoms with E-state index in [0.29, 0.717) is 21.8 Å². The second kappa shape index (κ2) is 6.71. The third-order valence-electron chi connectivity index (χ3n) is 3.68. The molecule has 3 rings (SSSR count). The quantitative estimate of drug-likeness (QED) is 0.529.